The van der Waals surface area contributed by atoms with E-state index in [1.54, 1.807) is 0 Å². The molecule has 4 aromatic rings. The summed E-state index contributed by atoms with van der Waals surface area (Å²) in [4.78, 5) is 7.25. The molecule has 0 saturated heterocycles. The van der Waals surface area contributed by atoms with Gasteiger partial charge in [0.2, 0.25) is 0 Å². The number of benzene rings is 4. The zero-order chi connectivity index (χ0) is 28.8. The third kappa shape index (κ3) is 17.6. The molecule has 0 bridgehead atoms. The minimum Gasteiger partial charge on any atom is -0.577 e. The first kappa shape index (κ1) is 37.1. The average Bonchev–Trinajstić information content (AvgIpc) is 3.57. The predicted molar refractivity (Wildman–Crippen MR) is 160 cm³/mol. The molecule has 1 aliphatic carbocycles. The van der Waals surface area contributed by atoms with Crippen molar-refractivity contribution in [2.45, 2.75) is 0 Å². The van der Waals surface area contributed by atoms with Crippen molar-refractivity contribution in [3.8, 4) is 0 Å². The van der Waals surface area contributed by atoms with Gasteiger partial charge in [0, 0.05) is 20.4 Å². The minimum atomic E-state index is -6.00. The Morgan fingerprint density at radius 2 is 0.750 bits per heavy atom. The van der Waals surface area contributed by atoms with E-state index < -0.39 is 15.2 Å². The van der Waals surface area contributed by atoms with Crippen LogP contribution in [-0.4, -0.2) is 7.25 Å². The van der Waals surface area contributed by atoms with Gasteiger partial charge in [-0.25, -0.2) is 0 Å². The molecular formula is C31H28BF4NOPRe-2. The van der Waals surface area contributed by atoms with E-state index in [4.69, 9.17) is 10.5 Å². The second-order valence-corrected chi connectivity index (χ2v) is 9.63. The van der Waals surface area contributed by atoms with Gasteiger partial charge in [-0.1, -0.05) is 134 Å². The maximum absolute atomic E-state index is 9.75. The molecular weight excluding hydrogens is 706 g/mol. The van der Waals surface area contributed by atoms with Gasteiger partial charge in [-0.2, -0.15) is 0 Å². The standard InChI is InChI=1S/C18H15P.C8H8.C5H5.BF4.NO.Re/c1-4-10-16(11-5-1)19(17-12-6-2-7-13-17)18-14-8-3-9-15-18;1-2-8-6-4-3-5-7-8;1-2-4-5-3-1;2-1(3,4)5;1-2;/h1-15H;2-7H,1H2;1-5H;;;/q;;;2*-1;. The van der Waals surface area contributed by atoms with Crippen LogP contribution in [0.1, 0.15) is 5.56 Å². The molecule has 0 heterocycles. The molecule has 0 spiro atoms. The monoisotopic (exact) mass is 735 g/mol. The number of hydrogen-bond acceptors (Lipinski definition) is 1. The van der Waals surface area contributed by atoms with Crippen LogP contribution in [-0.2, 0) is 20.4 Å². The van der Waals surface area contributed by atoms with Gasteiger partial charge in [-0.3, -0.25) is 0 Å². The Balaban J connectivity index is 0.000000598. The summed E-state index contributed by atoms with van der Waals surface area (Å²) in [5.41, 5.74) is 6.92. The minimum absolute atomic E-state index is 0. The molecule has 40 heavy (non-hydrogen) atoms. The molecule has 0 aliphatic heterocycles. The Morgan fingerprint density at radius 1 is 0.525 bits per heavy atom. The maximum Gasteiger partial charge on any atom is 0.673 e. The summed E-state index contributed by atoms with van der Waals surface area (Å²) in [6.45, 7) is 3.63. The molecule has 5 rings (SSSR count). The SMILES string of the molecule is C=Cc1ccccc1.F[B-](F)(F)F.[CH]1[CH][CH][CH][CH]1.[N-]=O.[Re].c1ccc(P(c2ccccc2)c2ccccc2)cc1. The van der Waals surface area contributed by atoms with Crippen molar-refractivity contribution in [2.24, 2.45) is 0 Å². The van der Waals surface area contributed by atoms with Gasteiger partial charge >= 0.3 is 7.25 Å². The molecule has 0 N–H and O–H groups in total. The molecule has 0 atom stereocenters. The average molecular weight is 735 g/mol. The first-order chi connectivity index (χ1) is 18.9. The predicted octanol–water partition coefficient (Wildman–Crippen LogP) is 8.42. The van der Waals surface area contributed by atoms with E-state index in [9.17, 15) is 17.3 Å². The fourth-order valence-electron chi connectivity index (χ4n) is 3.09. The Labute approximate surface area is 250 Å². The van der Waals surface area contributed by atoms with Crippen molar-refractivity contribution < 1.29 is 37.7 Å². The first-order valence-electron chi connectivity index (χ1n) is 11.7. The van der Waals surface area contributed by atoms with Crippen molar-refractivity contribution in [1.29, 1.82) is 0 Å². The Hall–Kier alpha value is -2.90. The van der Waals surface area contributed by atoms with Gasteiger partial charge in [0.05, 0.1) is 0 Å². The Bertz CT molecular complexity index is 1030. The Morgan fingerprint density at radius 3 is 0.950 bits per heavy atom. The van der Waals surface area contributed by atoms with Crippen LogP contribution in [0.25, 0.3) is 11.7 Å². The first-order valence-corrected chi connectivity index (χ1v) is 13.1. The largest absolute Gasteiger partial charge is 0.673 e. The quantitative estimate of drug-likeness (QED) is 0.118. The molecule has 9 heteroatoms. The van der Waals surface area contributed by atoms with Crippen LogP contribution in [0.2, 0.25) is 0 Å². The Kier molecular flexibility index (Phi) is 21.2. The van der Waals surface area contributed by atoms with Crippen LogP contribution in [0.15, 0.2) is 128 Å². The van der Waals surface area contributed by atoms with Crippen LogP contribution in [0.3, 0.4) is 0 Å². The second kappa shape index (κ2) is 22.9. The van der Waals surface area contributed by atoms with Crippen LogP contribution in [0.4, 0.5) is 17.3 Å². The molecule has 0 unspecified atom stereocenters. The van der Waals surface area contributed by atoms with Crippen LogP contribution in [0.5, 0.6) is 0 Å². The van der Waals surface area contributed by atoms with E-state index in [0.29, 0.717) is 0 Å². The van der Waals surface area contributed by atoms with Crippen molar-refractivity contribution in [1.82, 2.24) is 0 Å². The molecule has 1 aliphatic rings. The van der Waals surface area contributed by atoms with Crippen molar-refractivity contribution >= 4 is 37.2 Å². The molecule has 6 radical (unpaired) electrons. The third-order valence-corrected chi connectivity index (χ3v) is 7.08. The summed E-state index contributed by atoms with van der Waals surface area (Å²) >= 11 is 0. The van der Waals surface area contributed by atoms with Crippen LogP contribution < -0.4 is 15.9 Å². The van der Waals surface area contributed by atoms with Crippen LogP contribution >= 0.6 is 7.92 Å². The van der Waals surface area contributed by atoms with E-state index in [2.05, 4.69) is 97.6 Å². The maximum atomic E-state index is 9.75. The van der Waals surface area contributed by atoms with E-state index in [-0.39, 0.29) is 20.4 Å². The molecule has 1 fully saturated rings. The van der Waals surface area contributed by atoms with Crippen molar-refractivity contribution in [2.75, 3.05) is 0 Å². The summed E-state index contributed by atoms with van der Waals surface area (Å²) in [5.74, 6) is 0. The summed E-state index contributed by atoms with van der Waals surface area (Å²) in [5, 5.41) is 4.19. The van der Waals surface area contributed by atoms with Gasteiger partial charge in [-0.05, 0) is 61.5 Å². The summed E-state index contributed by atoms with van der Waals surface area (Å²) in [6, 6.07) is 42.4. The summed E-state index contributed by atoms with van der Waals surface area (Å²) in [6.07, 6.45) is 11.8. The van der Waals surface area contributed by atoms with E-state index >= 15 is 0 Å². The second-order valence-electron chi connectivity index (χ2n) is 7.41. The molecule has 1 saturated carbocycles. The van der Waals surface area contributed by atoms with Gasteiger partial charge in [0.1, 0.15) is 0 Å². The van der Waals surface area contributed by atoms with E-state index in [1.807, 2.05) is 68.5 Å². The van der Waals surface area contributed by atoms with Gasteiger partial charge in [0.15, 0.2) is 0 Å². The molecule has 4 aromatic carbocycles. The normalized spacial score (nSPS) is 11.3. The zero-order valence-corrected chi connectivity index (χ0v) is 25.1. The van der Waals surface area contributed by atoms with Gasteiger partial charge in [-0.15, -0.1) is 0 Å². The van der Waals surface area contributed by atoms with E-state index in [0.717, 1.165) is 0 Å². The topological polar surface area (TPSA) is 39.4 Å². The molecule has 0 aromatic heterocycles. The number of nitroso groups, excluding NO2 is 1. The number of rotatable bonds is 4. The third-order valence-electron chi connectivity index (χ3n) is 4.63. The smallest absolute Gasteiger partial charge is 0.577 e. The van der Waals surface area contributed by atoms with Crippen molar-refractivity contribution in [3.63, 3.8) is 0 Å². The number of halogens is 4. The molecule has 2 nitrogen and oxygen atoms in total. The number of nitrogens with zero attached hydrogens (tertiary/aromatic N) is 1. The van der Waals surface area contributed by atoms with Gasteiger partial charge in [0.25, 0.3) is 0 Å². The fraction of sp³-hybridized carbons (Fsp3) is 0. The van der Waals surface area contributed by atoms with Gasteiger partial charge < -0.3 is 27.8 Å². The zero-order valence-electron chi connectivity index (χ0n) is 21.5. The van der Waals surface area contributed by atoms with Crippen molar-refractivity contribution in [3.05, 3.63) is 176 Å². The molecule has 0 amide bonds. The molecule has 208 valence electrons. The summed E-state index contributed by atoms with van der Waals surface area (Å²) in [7, 11) is -6.45. The number of hydrogen-bond donors (Lipinski definition) is 0. The fourth-order valence-corrected chi connectivity index (χ4v) is 5.39. The summed E-state index contributed by atoms with van der Waals surface area (Å²) < 4.78 is 39.0. The van der Waals surface area contributed by atoms with E-state index in [1.165, 1.54) is 21.5 Å². The van der Waals surface area contributed by atoms with Crippen LogP contribution in [0, 0.1) is 37.0 Å².